The largest absolute Gasteiger partial charge is 0.497 e. The van der Waals surface area contributed by atoms with Crippen molar-refractivity contribution in [3.05, 3.63) is 68.3 Å². The molecule has 0 radical (unpaired) electrons. The lowest BCUT2D eigenvalue weighted by Gasteiger charge is -2.25. The number of nitrogens with zero attached hydrogens (tertiary/aromatic N) is 3. The summed E-state index contributed by atoms with van der Waals surface area (Å²) in [5.74, 6) is 0.741. The van der Waals surface area contributed by atoms with Gasteiger partial charge >= 0.3 is 0 Å². The van der Waals surface area contributed by atoms with E-state index in [4.69, 9.17) is 4.74 Å². The molecule has 0 amide bonds. The fourth-order valence-corrected chi connectivity index (χ4v) is 2.57. The number of nitro benzene ring substituents is 2. The van der Waals surface area contributed by atoms with Crippen molar-refractivity contribution in [2.45, 2.75) is 6.04 Å². The monoisotopic (exact) mass is 360 g/mol. The highest BCUT2D eigenvalue weighted by Gasteiger charge is 2.21. The molecule has 0 aromatic heterocycles. The van der Waals surface area contributed by atoms with Gasteiger partial charge in [0.05, 0.1) is 29.1 Å². The molecule has 9 heteroatoms. The van der Waals surface area contributed by atoms with Crippen molar-refractivity contribution >= 4 is 17.1 Å². The van der Waals surface area contributed by atoms with E-state index >= 15 is 0 Å². The van der Waals surface area contributed by atoms with Gasteiger partial charge in [0.25, 0.3) is 11.4 Å². The highest BCUT2D eigenvalue weighted by atomic mass is 16.6. The van der Waals surface area contributed by atoms with Gasteiger partial charge in [-0.05, 0) is 37.9 Å². The Balaban J connectivity index is 2.23. The summed E-state index contributed by atoms with van der Waals surface area (Å²) in [7, 11) is 5.40. The van der Waals surface area contributed by atoms with E-state index < -0.39 is 9.85 Å². The topological polar surface area (TPSA) is 111 Å². The maximum Gasteiger partial charge on any atom is 0.299 e. The molecule has 0 saturated carbocycles. The van der Waals surface area contributed by atoms with Crippen LogP contribution in [-0.2, 0) is 0 Å². The van der Waals surface area contributed by atoms with Crippen LogP contribution in [0.15, 0.2) is 42.5 Å². The summed E-state index contributed by atoms with van der Waals surface area (Å²) >= 11 is 0. The number of hydrogen-bond acceptors (Lipinski definition) is 7. The summed E-state index contributed by atoms with van der Waals surface area (Å²) in [5, 5.41) is 25.1. The number of non-ortho nitro benzene ring substituents is 1. The van der Waals surface area contributed by atoms with Gasteiger partial charge in [0.2, 0.25) is 0 Å². The van der Waals surface area contributed by atoms with Crippen LogP contribution in [0.5, 0.6) is 5.75 Å². The highest BCUT2D eigenvalue weighted by Crippen LogP contribution is 2.30. The SMILES string of the molecule is COc1ccc(C(CNc2ccc([N+](=O)[O-])cc2[N+](=O)[O-])N(C)C)cc1. The summed E-state index contributed by atoms with van der Waals surface area (Å²) in [6.45, 7) is 0.387. The normalized spacial score (nSPS) is 11.8. The molecule has 0 saturated heterocycles. The fraction of sp³-hybridized carbons (Fsp3) is 0.294. The standard InChI is InChI=1S/C17H20N4O5/c1-19(2)17(12-4-7-14(26-3)8-5-12)11-18-15-9-6-13(20(22)23)10-16(15)21(24)25/h4-10,17-18H,11H2,1-3H3. The summed E-state index contributed by atoms with van der Waals surface area (Å²) in [5.41, 5.74) is 0.599. The van der Waals surface area contributed by atoms with Gasteiger partial charge in [0.15, 0.2) is 0 Å². The molecule has 2 aromatic rings. The molecule has 0 aliphatic rings. The van der Waals surface area contributed by atoms with E-state index in [1.54, 1.807) is 7.11 Å². The summed E-state index contributed by atoms with van der Waals surface area (Å²) in [6, 6.07) is 11.0. The number of hydrogen-bond donors (Lipinski definition) is 1. The van der Waals surface area contributed by atoms with E-state index in [-0.39, 0.29) is 23.1 Å². The molecule has 0 spiro atoms. The van der Waals surface area contributed by atoms with Gasteiger partial charge in [-0.3, -0.25) is 20.2 Å². The average molecular weight is 360 g/mol. The van der Waals surface area contributed by atoms with Gasteiger partial charge in [-0.25, -0.2) is 0 Å². The number of anilines is 1. The number of methoxy groups -OCH3 is 1. The number of nitrogens with one attached hydrogen (secondary N) is 1. The molecule has 138 valence electrons. The second-order valence-electron chi connectivity index (χ2n) is 5.85. The van der Waals surface area contributed by atoms with Gasteiger partial charge in [-0.1, -0.05) is 12.1 Å². The lowest BCUT2D eigenvalue weighted by molar-refractivity contribution is -0.393. The zero-order chi connectivity index (χ0) is 19.3. The van der Waals surface area contributed by atoms with Crippen molar-refractivity contribution in [3.63, 3.8) is 0 Å². The predicted octanol–water partition coefficient (Wildman–Crippen LogP) is 3.23. The number of rotatable bonds is 8. The van der Waals surface area contributed by atoms with Crippen LogP contribution >= 0.6 is 0 Å². The van der Waals surface area contributed by atoms with Crippen molar-refractivity contribution in [2.24, 2.45) is 0 Å². The predicted molar refractivity (Wildman–Crippen MR) is 97.7 cm³/mol. The lowest BCUT2D eigenvalue weighted by atomic mass is 10.1. The van der Waals surface area contributed by atoms with Crippen LogP contribution in [0.3, 0.4) is 0 Å². The van der Waals surface area contributed by atoms with E-state index in [0.717, 1.165) is 17.4 Å². The van der Waals surface area contributed by atoms with Crippen LogP contribution in [0.4, 0.5) is 17.1 Å². The number of likely N-dealkylation sites (N-methyl/N-ethyl adjacent to an activating group) is 1. The maximum absolute atomic E-state index is 11.2. The average Bonchev–Trinajstić information content (AvgIpc) is 2.62. The molecule has 0 aliphatic heterocycles. The molecule has 0 heterocycles. The van der Waals surface area contributed by atoms with Gasteiger partial charge in [-0.15, -0.1) is 0 Å². The highest BCUT2D eigenvalue weighted by molar-refractivity contribution is 5.65. The summed E-state index contributed by atoms with van der Waals surface area (Å²) in [4.78, 5) is 22.8. The van der Waals surface area contributed by atoms with E-state index in [0.29, 0.717) is 6.54 Å². The number of benzene rings is 2. The van der Waals surface area contributed by atoms with Gasteiger partial charge in [-0.2, -0.15) is 0 Å². The fourth-order valence-electron chi connectivity index (χ4n) is 2.57. The Bertz CT molecular complexity index is 792. The Morgan fingerprint density at radius 3 is 2.23 bits per heavy atom. The molecular formula is C17H20N4O5. The lowest BCUT2D eigenvalue weighted by Crippen LogP contribution is -2.27. The third-order valence-electron chi connectivity index (χ3n) is 4.00. The molecule has 1 N–H and O–H groups in total. The van der Waals surface area contributed by atoms with Crippen LogP contribution in [0.2, 0.25) is 0 Å². The van der Waals surface area contributed by atoms with Crippen molar-refractivity contribution in [1.82, 2.24) is 4.90 Å². The Labute approximate surface area is 150 Å². The van der Waals surface area contributed by atoms with Crippen molar-refractivity contribution in [1.29, 1.82) is 0 Å². The molecular weight excluding hydrogens is 340 g/mol. The second kappa shape index (κ2) is 8.26. The van der Waals surface area contributed by atoms with Crippen molar-refractivity contribution in [3.8, 4) is 5.75 Å². The third-order valence-corrected chi connectivity index (χ3v) is 4.00. The first-order valence-corrected chi connectivity index (χ1v) is 7.80. The quantitative estimate of drug-likeness (QED) is 0.568. The van der Waals surface area contributed by atoms with Gasteiger partial charge < -0.3 is 15.0 Å². The van der Waals surface area contributed by atoms with Crippen LogP contribution in [-0.4, -0.2) is 42.5 Å². The number of ether oxygens (including phenoxy) is 1. The van der Waals surface area contributed by atoms with Crippen LogP contribution in [0.25, 0.3) is 0 Å². The van der Waals surface area contributed by atoms with Gasteiger partial charge in [0.1, 0.15) is 11.4 Å². The van der Waals surface area contributed by atoms with Crippen LogP contribution in [0, 0.1) is 20.2 Å². The van der Waals surface area contributed by atoms with Gasteiger partial charge in [0, 0.05) is 12.6 Å². The molecule has 0 aliphatic carbocycles. The zero-order valence-corrected chi connectivity index (χ0v) is 14.7. The molecule has 1 atom stereocenters. The Kier molecular flexibility index (Phi) is 6.07. The third kappa shape index (κ3) is 4.45. The first kappa shape index (κ1) is 19.1. The summed E-state index contributed by atoms with van der Waals surface area (Å²) in [6.07, 6.45) is 0. The minimum Gasteiger partial charge on any atom is -0.497 e. The smallest absolute Gasteiger partial charge is 0.299 e. The molecule has 2 aromatic carbocycles. The Hall–Kier alpha value is -3.20. The zero-order valence-electron chi connectivity index (χ0n) is 14.7. The van der Waals surface area contributed by atoms with Crippen LogP contribution < -0.4 is 10.1 Å². The minimum atomic E-state index is -0.656. The molecule has 26 heavy (non-hydrogen) atoms. The van der Waals surface area contributed by atoms with Crippen LogP contribution in [0.1, 0.15) is 11.6 Å². The van der Waals surface area contributed by atoms with E-state index in [1.807, 2.05) is 43.3 Å². The minimum absolute atomic E-state index is 0.0595. The van der Waals surface area contributed by atoms with E-state index in [2.05, 4.69) is 5.32 Å². The molecule has 2 rings (SSSR count). The first-order valence-electron chi connectivity index (χ1n) is 7.80. The Morgan fingerprint density at radius 1 is 1.08 bits per heavy atom. The maximum atomic E-state index is 11.2. The molecule has 0 bridgehead atoms. The first-order chi connectivity index (χ1) is 12.3. The number of nitro groups is 2. The summed E-state index contributed by atoms with van der Waals surface area (Å²) < 4.78 is 5.15. The van der Waals surface area contributed by atoms with E-state index in [1.165, 1.54) is 12.1 Å². The van der Waals surface area contributed by atoms with E-state index in [9.17, 15) is 20.2 Å². The Morgan fingerprint density at radius 2 is 1.73 bits per heavy atom. The molecule has 9 nitrogen and oxygen atoms in total. The molecule has 1 unspecified atom stereocenters. The molecule has 0 fully saturated rings. The second-order valence-corrected chi connectivity index (χ2v) is 5.85. The van der Waals surface area contributed by atoms with Crippen molar-refractivity contribution < 1.29 is 14.6 Å². The van der Waals surface area contributed by atoms with Crippen molar-refractivity contribution in [2.75, 3.05) is 33.1 Å².